The highest BCUT2D eigenvalue weighted by Gasteiger charge is 2.07. The third-order valence-electron chi connectivity index (χ3n) is 3.38. The second-order valence-electron chi connectivity index (χ2n) is 5.18. The molecule has 2 aromatic carbocycles. The van der Waals surface area contributed by atoms with Gasteiger partial charge in [0.2, 0.25) is 0 Å². The van der Waals surface area contributed by atoms with Gasteiger partial charge in [-0.1, -0.05) is 30.3 Å². The van der Waals surface area contributed by atoms with Crippen molar-refractivity contribution in [2.45, 2.75) is 17.4 Å². The Morgan fingerprint density at radius 2 is 2.09 bits per heavy atom. The molecule has 0 aromatic heterocycles. The van der Waals surface area contributed by atoms with Gasteiger partial charge in [-0.2, -0.15) is 0 Å². The predicted molar refractivity (Wildman–Crippen MR) is 98.6 cm³/mol. The van der Waals surface area contributed by atoms with E-state index in [9.17, 15) is 5.11 Å². The normalized spacial score (nSPS) is 11.7. The van der Waals surface area contributed by atoms with Crippen molar-refractivity contribution in [2.75, 3.05) is 24.7 Å². The molecule has 0 saturated heterocycles. The number of aliphatic hydroxyl groups excluding tert-OH is 1. The summed E-state index contributed by atoms with van der Waals surface area (Å²) < 4.78 is 5.74. The van der Waals surface area contributed by atoms with E-state index in [4.69, 9.17) is 4.74 Å². The van der Waals surface area contributed by atoms with Crippen LogP contribution in [0, 0.1) is 0 Å². The molecule has 4 heteroatoms. The van der Waals surface area contributed by atoms with Gasteiger partial charge in [-0.15, -0.1) is 18.3 Å². The number of nitrogens with one attached hydrogen (secondary N) is 1. The zero-order chi connectivity index (χ0) is 16.5. The Kier molecular flexibility index (Phi) is 7.04. The van der Waals surface area contributed by atoms with E-state index >= 15 is 0 Å². The van der Waals surface area contributed by atoms with Crippen LogP contribution in [0.5, 0.6) is 5.75 Å². The van der Waals surface area contributed by atoms with E-state index in [0.717, 1.165) is 23.4 Å². The highest BCUT2D eigenvalue weighted by molar-refractivity contribution is 7.98. The highest BCUT2D eigenvalue weighted by atomic mass is 32.2. The summed E-state index contributed by atoms with van der Waals surface area (Å²) in [5.74, 6) is 0.802. The molecular formula is C19H23NO2S. The van der Waals surface area contributed by atoms with Gasteiger partial charge in [0.1, 0.15) is 18.5 Å². The maximum absolute atomic E-state index is 10.1. The number of aliphatic hydroxyl groups is 1. The van der Waals surface area contributed by atoms with Crippen molar-refractivity contribution < 1.29 is 9.84 Å². The minimum atomic E-state index is -0.579. The molecule has 0 fully saturated rings. The van der Waals surface area contributed by atoms with Gasteiger partial charge in [0.25, 0.3) is 0 Å². The maximum Gasteiger partial charge on any atom is 0.122 e. The number of hydrogen-bond acceptors (Lipinski definition) is 4. The molecule has 0 bridgehead atoms. The topological polar surface area (TPSA) is 41.5 Å². The van der Waals surface area contributed by atoms with Crippen LogP contribution in [0.4, 0.5) is 5.69 Å². The summed E-state index contributed by atoms with van der Waals surface area (Å²) in [6.45, 7) is 4.45. The quantitative estimate of drug-likeness (QED) is 0.539. The number of ether oxygens (including phenoxy) is 1. The van der Waals surface area contributed by atoms with Crippen molar-refractivity contribution in [3.05, 3.63) is 66.7 Å². The standard InChI is InChI=1S/C19H23NO2S/c1-3-7-15-8-4-5-11-19(15)22-14-17(21)13-20-16-9-6-10-18(12-16)23-2/h3-6,8-12,17,20-21H,1,7,13-14H2,2H3. The predicted octanol–water partition coefficient (Wildman–Crippen LogP) is 3.99. The average molecular weight is 329 g/mol. The third-order valence-corrected chi connectivity index (χ3v) is 4.10. The fourth-order valence-corrected chi connectivity index (χ4v) is 2.64. The van der Waals surface area contributed by atoms with Gasteiger partial charge >= 0.3 is 0 Å². The molecule has 0 heterocycles. The van der Waals surface area contributed by atoms with Crippen LogP contribution in [0.25, 0.3) is 0 Å². The molecule has 0 aliphatic heterocycles. The number of thioether (sulfide) groups is 1. The maximum atomic E-state index is 10.1. The monoisotopic (exact) mass is 329 g/mol. The summed E-state index contributed by atoms with van der Waals surface area (Å²) >= 11 is 1.70. The SMILES string of the molecule is C=CCc1ccccc1OCC(O)CNc1cccc(SC)c1. The van der Waals surface area contributed by atoms with Gasteiger partial charge < -0.3 is 15.2 Å². The Morgan fingerprint density at radius 3 is 2.87 bits per heavy atom. The van der Waals surface area contributed by atoms with Crippen LogP contribution < -0.4 is 10.1 Å². The summed E-state index contributed by atoms with van der Waals surface area (Å²) in [5.41, 5.74) is 2.08. The Hall–Kier alpha value is -1.91. The lowest BCUT2D eigenvalue weighted by Crippen LogP contribution is -2.26. The summed E-state index contributed by atoms with van der Waals surface area (Å²) in [6, 6.07) is 16.0. The van der Waals surface area contributed by atoms with Crippen LogP contribution in [0.1, 0.15) is 5.56 Å². The fourth-order valence-electron chi connectivity index (χ4n) is 2.18. The smallest absolute Gasteiger partial charge is 0.122 e. The summed E-state index contributed by atoms with van der Waals surface area (Å²) in [4.78, 5) is 1.19. The lowest BCUT2D eigenvalue weighted by atomic mass is 10.1. The summed E-state index contributed by atoms with van der Waals surface area (Å²) in [6.07, 6.45) is 4.07. The molecule has 2 rings (SSSR count). The number of rotatable bonds is 9. The molecule has 23 heavy (non-hydrogen) atoms. The molecule has 2 N–H and O–H groups in total. The number of benzene rings is 2. The number of anilines is 1. The van der Waals surface area contributed by atoms with Crippen LogP contribution in [-0.4, -0.2) is 30.6 Å². The van der Waals surface area contributed by atoms with Gasteiger partial charge in [0.05, 0.1) is 0 Å². The van der Waals surface area contributed by atoms with E-state index in [-0.39, 0.29) is 6.61 Å². The lowest BCUT2D eigenvalue weighted by molar-refractivity contribution is 0.117. The van der Waals surface area contributed by atoms with E-state index in [1.807, 2.05) is 48.7 Å². The van der Waals surface area contributed by atoms with Gasteiger partial charge in [-0.25, -0.2) is 0 Å². The highest BCUT2D eigenvalue weighted by Crippen LogP contribution is 2.20. The molecule has 1 unspecified atom stereocenters. The second-order valence-corrected chi connectivity index (χ2v) is 6.06. The van der Waals surface area contributed by atoms with Crippen molar-refractivity contribution in [3.63, 3.8) is 0 Å². The summed E-state index contributed by atoms with van der Waals surface area (Å²) in [5, 5.41) is 13.3. The molecule has 3 nitrogen and oxygen atoms in total. The van der Waals surface area contributed by atoms with Gasteiger partial charge in [0, 0.05) is 17.1 Å². The third kappa shape index (κ3) is 5.66. The Morgan fingerprint density at radius 1 is 1.26 bits per heavy atom. The van der Waals surface area contributed by atoms with Crippen molar-refractivity contribution in [1.82, 2.24) is 0 Å². The van der Waals surface area contributed by atoms with Crippen molar-refractivity contribution in [3.8, 4) is 5.75 Å². The molecule has 0 aliphatic rings. The minimum Gasteiger partial charge on any atom is -0.491 e. The van der Waals surface area contributed by atoms with E-state index < -0.39 is 6.10 Å². The lowest BCUT2D eigenvalue weighted by Gasteiger charge is -2.16. The second kappa shape index (κ2) is 9.28. The van der Waals surface area contributed by atoms with E-state index in [1.54, 1.807) is 11.8 Å². The number of hydrogen-bond donors (Lipinski definition) is 2. The van der Waals surface area contributed by atoms with E-state index in [1.165, 1.54) is 4.90 Å². The molecule has 0 aliphatic carbocycles. The van der Waals surface area contributed by atoms with E-state index in [0.29, 0.717) is 6.54 Å². The molecule has 0 radical (unpaired) electrons. The van der Waals surface area contributed by atoms with Crippen LogP contribution >= 0.6 is 11.8 Å². The molecular weight excluding hydrogens is 306 g/mol. The number of para-hydroxylation sites is 1. The largest absolute Gasteiger partial charge is 0.491 e. The molecule has 0 saturated carbocycles. The summed E-state index contributed by atoms with van der Waals surface area (Å²) in [7, 11) is 0. The van der Waals surface area contributed by atoms with Gasteiger partial charge in [-0.3, -0.25) is 0 Å². The van der Waals surface area contributed by atoms with Gasteiger partial charge in [0.15, 0.2) is 0 Å². The first-order valence-electron chi connectivity index (χ1n) is 7.60. The molecule has 0 amide bonds. The van der Waals surface area contributed by atoms with Crippen molar-refractivity contribution >= 4 is 17.4 Å². The molecule has 0 spiro atoms. The zero-order valence-corrected chi connectivity index (χ0v) is 14.2. The van der Waals surface area contributed by atoms with Crippen LogP contribution in [0.2, 0.25) is 0 Å². The molecule has 1 atom stereocenters. The van der Waals surface area contributed by atoms with Crippen LogP contribution in [0.3, 0.4) is 0 Å². The van der Waals surface area contributed by atoms with Crippen LogP contribution in [-0.2, 0) is 6.42 Å². The Bertz CT molecular complexity index is 630. The van der Waals surface area contributed by atoms with E-state index in [2.05, 4.69) is 24.0 Å². The first-order valence-corrected chi connectivity index (χ1v) is 8.83. The molecule has 2 aromatic rings. The zero-order valence-electron chi connectivity index (χ0n) is 13.4. The number of allylic oxidation sites excluding steroid dienone is 1. The van der Waals surface area contributed by atoms with Crippen molar-refractivity contribution in [2.24, 2.45) is 0 Å². The fraction of sp³-hybridized carbons (Fsp3) is 0.263. The average Bonchev–Trinajstić information content (AvgIpc) is 2.59. The minimum absolute atomic E-state index is 0.253. The van der Waals surface area contributed by atoms with Gasteiger partial charge in [-0.05, 0) is 42.5 Å². The molecule has 122 valence electrons. The first-order chi connectivity index (χ1) is 11.2. The van der Waals surface area contributed by atoms with Crippen molar-refractivity contribution in [1.29, 1.82) is 0 Å². The Labute approximate surface area is 142 Å². The van der Waals surface area contributed by atoms with Crippen LogP contribution in [0.15, 0.2) is 66.1 Å². The Balaban J connectivity index is 1.83. The first kappa shape index (κ1) is 17.4.